The smallest absolute Gasteiger partial charge is 0.179 e. The van der Waals surface area contributed by atoms with Crippen LogP contribution in [0, 0.1) is 6.92 Å². The van der Waals surface area contributed by atoms with Gasteiger partial charge in [0, 0.05) is 11.0 Å². The summed E-state index contributed by atoms with van der Waals surface area (Å²) in [4.78, 5) is 0.448. The van der Waals surface area contributed by atoms with Crippen LogP contribution in [-0.4, -0.2) is 25.2 Å². The molecule has 1 aliphatic rings. The van der Waals surface area contributed by atoms with Gasteiger partial charge in [-0.05, 0) is 35.7 Å². The molecule has 1 atom stereocenters. The zero-order chi connectivity index (χ0) is 14.2. The summed E-state index contributed by atoms with van der Waals surface area (Å²) in [6.07, 6.45) is 0. The second kappa shape index (κ2) is 5.26. The van der Waals surface area contributed by atoms with Gasteiger partial charge in [-0.2, -0.15) is 11.8 Å². The highest BCUT2D eigenvalue weighted by Gasteiger charge is 2.30. The molecule has 0 amide bonds. The maximum Gasteiger partial charge on any atom is 0.179 e. The Kier molecular flexibility index (Phi) is 3.61. The van der Waals surface area contributed by atoms with Crippen molar-refractivity contribution in [1.82, 2.24) is 0 Å². The van der Waals surface area contributed by atoms with Gasteiger partial charge in [-0.15, -0.1) is 0 Å². The largest absolute Gasteiger partial charge is 0.224 e. The third-order valence-corrected chi connectivity index (χ3v) is 6.30. The summed E-state index contributed by atoms with van der Waals surface area (Å²) in [5.74, 6) is 1.23. The van der Waals surface area contributed by atoms with Crippen LogP contribution in [0.2, 0.25) is 0 Å². The van der Waals surface area contributed by atoms with Gasteiger partial charge in [-0.25, -0.2) is 8.42 Å². The Morgan fingerprint density at radius 1 is 1.10 bits per heavy atom. The van der Waals surface area contributed by atoms with E-state index in [2.05, 4.69) is 0 Å². The Bertz CT molecular complexity index is 717. The Morgan fingerprint density at radius 3 is 2.45 bits per heavy atom. The highest BCUT2D eigenvalue weighted by Crippen LogP contribution is 2.33. The molecule has 2 aromatic carbocycles. The number of sulfone groups is 1. The van der Waals surface area contributed by atoms with Crippen molar-refractivity contribution in [3.63, 3.8) is 0 Å². The molecule has 0 saturated carbocycles. The van der Waals surface area contributed by atoms with Crippen molar-refractivity contribution in [3.05, 3.63) is 54.1 Å². The van der Waals surface area contributed by atoms with E-state index in [0.717, 1.165) is 22.4 Å². The molecule has 104 valence electrons. The number of benzene rings is 2. The van der Waals surface area contributed by atoms with Gasteiger partial charge in [0.2, 0.25) is 0 Å². The molecule has 0 radical (unpaired) electrons. The van der Waals surface area contributed by atoms with Crippen molar-refractivity contribution in [2.45, 2.75) is 17.1 Å². The lowest BCUT2D eigenvalue weighted by atomic mass is 10.0. The molecule has 0 bridgehead atoms. The minimum Gasteiger partial charge on any atom is -0.224 e. The minimum absolute atomic E-state index is 0.259. The number of hydrogen-bond donors (Lipinski definition) is 0. The van der Waals surface area contributed by atoms with Gasteiger partial charge in [0.05, 0.1) is 10.6 Å². The fourth-order valence-corrected chi connectivity index (χ4v) is 5.03. The van der Waals surface area contributed by atoms with Crippen LogP contribution >= 0.6 is 11.8 Å². The van der Waals surface area contributed by atoms with Gasteiger partial charge in [0.25, 0.3) is 0 Å². The molecule has 3 rings (SSSR count). The van der Waals surface area contributed by atoms with Crippen molar-refractivity contribution in [2.75, 3.05) is 11.5 Å². The van der Waals surface area contributed by atoms with Gasteiger partial charge >= 0.3 is 0 Å². The molecule has 1 aliphatic heterocycles. The van der Waals surface area contributed by atoms with Gasteiger partial charge in [0.1, 0.15) is 0 Å². The number of rotatable bonds is 4. The van der Waals surface area contributed by atoms with Crippen molar-refractivity contribution >= 4 is 21.6 Å². The average molecular weight is 304 g/mol. The van der Waals surface area contributed by atoms with Gasteiger partial charge in [0.15, 0.2) is 9.84 Å². The standard InChI is InChI=1S/C16H16O2S2/c1-12-7-14(13-5-3-2-4-6-13)9-16(8-12)20(17,18)11-15-10-19-15/h2-9,15H,10-11H2,1H3. The normalized spacial score (nSPS) is 17.9. The Balaban J connectivity index is 2.02. The van der Waals surface area contributed by atoms with E-state index in [1.807, 2.05) is 43.3 Å². The van der Waals surface area contributed by atoms with E-state index >= 15 is 0 Å². The van der Waals surface area contributed by atoms with E-state index in [1.165, 1.54) is 0 Å². The second-order valence-corrected chi connectivity index (χ2v) is 8.51. The number of aryl methyl sites for hydroxylation is 1. The van der Waals surface area contributed by atoms with E-state index in [9.17, 15) is 8.42 Å². The summed E-state index contributed by atoms with van der Waals surface area (Å²) in [5.41, 5.74) is 2.99. The van der Waals surface area contributed by atoms with Crippen LogP contribution in [-0.2, 0) is 9.84 Å². The van der Waals surface area contributed by atoms with E-state index in [0.29, 0.717) is 10.1 Å². The molecular formula is C16H16O2S2. The topological polar surface area (TPSA) is 34.1 Å². The first-order valence-corrected chi connectivity index (χ1v) is 9.26. The predicted molar refractivity (Wildman–Crippen MR) is 84.9 cm³/mol. The van der Waals surface area contributed by atoms with Crippen molar-refractivity contribution in [1.29, 1.82) is 0 Å². The Labute approximate surface area is 124 Å². The summed E-state index contributed by atoms with van der Waals surface area (Å²) < 4.78 is 24.8. The lowest BCUT2D eigenvalue weighted by Gasteiger charge is -2.08. The first-order valence-electron chi connectivity index (χ1n) is 6.56. The van der Waals surface area contributed by atoms with Crippen molar-refractivity contribution < 1.29 is 8.42 Å². The maximum absolute atomic E-state index is 12.4. The number of thioether (sulfide) groups is 1. The fraction of sp³-hybridized carbons (Fsp3) is 0.250. The third-order valence-electron chi connectivity index (χ3n) is 3.32. The van der Waals surface area contributed by atoms with Crippen LogP contribution in [0.1, 0.15) is 5.56 Å². The molecule has 1 unspecified atom stereocenters. The molecule has 0 aliphatic carbocycles. The van der Waals surface area contributed by atoms with Gasteiger partial charge in [-0.1, -0.05) is 36.4 Å². The summed E-state index contributed by atoms with van der Waals surface area (Å²) in [5, 5.41) is 0.292. The molecule has 1 heterocycles. The van der Waals surface area contributed by atoms with E-state index in [1.54, 1.807) is 23.9 Å². The molecule has 0 aromatic heterocycles. The summed E-state index contributed by atoms with van der Waals surface area (Å²) >= 11 is 1.72. The lowest BCUT2D eigenvalue weighted by molar-refractivity contribution is 0.596. The van der Waals surface area contributed by atoms with E-state index in [-0.39, 0.29) is 5.75 Å². The van der Waals surface area contributed by atoms with E-state index < -0.39 is 9.84 Å². The van der Waals surface area contributed by atoms with Gasteiger partial charge < -0.3 is 0 Å². The molecule has 1 saturated heterocycles. The second-order valence-electron chi connectivity index (χ2n) is 5.14. The van der Waals surface area contributed by atoms with Crippen LogP contribution in [0.3, 0.4) is 0 Å². The molecule has 20 heavy (non-hydrogen) atoms. The highest BCUT2D eigenvalue weighted by atomic mass is 32.2. The Hall–Kier alpha value is -1.26. The van der Waals surface area contributed by atoms with Crippen molar-refractivity contribution in [3.8, 4) is 11.1 Å². The minimum atomic E-state index is -3.17. The molecule has 2 aromatic rings. The SMILES string of the molecule is Cc1cc(-c2ccccc2)cc(S(=O)(=O)CC2CS2)c1. The summed E-state index contributed by atoms with van der Waals surface area (Å²) in [7, 11) is -3.17. The summed E-state index contributed by atoms with van der Waals surface area (Å²) in [6, 6.07) is 15.5. The van der Waals surface area contributed by atoms with Gasteiger partial charge in [-0.3, -0.25) is 0 Å². The molecule has 4 heteroatoms. The first kappa shape index (κ1) is 13.7. The van der Waals surface area contributed by atoms with Crippen LogP contribution in [0.25, 0.3) is 11.1 Å². The summed E-state index contributed by atoms with van der Waals surface area (Å²) in [6.45, 7) is 1.94. The van der Waals surface area contributed by atoms with Crippen LogP contribution in [0.4, 0.5) is 0 Å². The Morgan fingerprint density at radius 2 is 1.80 bits per heavy atom. The predicted octanol–water partition coefficient (Wildman–Crippen LogP) is 3.55. The molecule has 0 N–H and O–H groups in total. The fourth-order valence-electron chi connectivity index (χ4n) is 2.23. The van der Waals surface area contributed by atoms with Crippen LogP contribution in [0.5, 0.6) is 0 Å². The maximum atomic E-state index is 12.4. The number of hydrogen-bond acceptors (Lipinski definition) is 3. The molecule has 2 nitrogen and oxygen atoms in total. The van der Waals surface area contributed by atoms with Crippen LogP contribution in [0.15, 0.2) is 53.4 Å². The lowest BCUT2D eigenvalue weighted by Crippen LogP contribution is -2.11. The highest BCUT2D eigenvalue weighted by molar-refractivity contribution is 8.08. The first-order chi connectivity index (χ1) is 9.54. The van der Waals surface area contributed by atoms with E-state index in [4.69, 9.17) is 0 Å². The van der Waals surface area contributed by atoms with Crippen molar-refractivity contribution in [2.24, 2.45) is 0 Å². The molecular weight excluding hydrogens is 288 g/mol. The monoisotopic (exact) mass is 304 g/mol. The quantitative estimate of drug-likeness (QED) is 0.810. The molecule has 0 spiro atoms. The average Bonchev–Trinajstić information content (AvgIpc) is 3.22. The van der Waals surface area contributed by atoms with Crippen LogP contribution < -0.4 is 0 Å². The zero-order valence-electron chi connectivity index (χ0n) is 11.2. The zero-order valence-corrected chi connectivity index (χ0v) is 12.9. The molecule has 1 fully saturated rings. The third kappa shape index (κ3) is 3.07.